The van der Waals surface area contributed by atoms with Crippen LogP contribution in [0.5, 0.6) is 0 Å². The molecule has 1 unspecified atom stereocenters. The summed E-state index contributed by atoms with van der Waals surface area (Å²) in [5.41, 5.74) is 1.23. The van der Waals surface area contributed by atoms with Gasteiger partial charge < -0.3 is 14.8 Å². The summed E-state index contributed by atoms with van der Waals surface area (Å²) in [6.45, 7) is 6.72. The Labute approximate surface area is 157 Å². The summed E-state index contributed by atoms with van der Waals surface area (Å²) in [6.07, 6.45) is -0.391. The molecule has 8 heteroatoms. The molecular formula is C19H22N2O6. The third-order valence-corrected chi connectivity index (χ3v) is 4.17. The van der Waals surface area contributed by atoms with E-state index >= 15 is 0 Å². The number of benzene rings is 1. The zero-order valence-corrected chi connectivity index (χ0v) is 15.9. The van der Waals surface area contributed by atoms with Crippen molar-refractivity contribution in [2.45, 2.75) is 39.7 Å². The number of carbonyl (C=O) groups excluding carboxylic acids is 2. The molecule has 144 valence electrons. The van der Waals surface area contributed by atoms with Crippen LogP contribution in [0.15, 0.2) is 46.8 Å². The van der Waals surface area contributed by atoms with Crippen molar-refractivity contribution in [1.29, 1.82) is 0 Å². The number of nitro groups is 1. The van der Waals surface area contributed by atoms with Crippen LogP contribution in [0.2, 0.25) is 0 Å². The van der Waals surface area contributed by atoms with Crippen molar-refractivity contribution in [2.24, 2.45) is 0 Å². The van der Waals surface area contributed by atoms with Crippen LogP contribution in [0.4, 0.5) is 5.69 Å². The molecule has 1 atom stereocenters. The molecule has 0 radical (unpaired) electrons. The van der Waals surface area contributed by atoms with Crippen LogP contribution in [0, 0.1) is 10.1 Å². The molecule has 0 amide bonds. The first-order valence-corrected chi connectivity index (χ1v) is 8.40. The average molecular weight is 374 g/mol. The van der Waals surface area contributed by atoms with E-state index in [1.54, 1.807) is 33.8 Å². The van der Waals surface area contributed by atoms with E-state index < -0.39 is 28.9 Å². The predicted molar refractivity (Wildman–Crippen MR) is 97.6 cm³/mol. The molecule has 8 nitrogen and oxygen atoms in total. The molecule has 1 heterocycles. The van der Waals surface area contributed by atoms with Crippen molar-refractivity contribution < 1.29 is 24.0 Å². The van der Waals surface area contributed by atoms with Gasteiger partial charge >= 0.3 is 11.9 Å². The number of dihydropyridines is 1. The van der Waals surface area contributed by atoms with E-state index in [0.29, 0.717) is 11.4 Å². The van der Waals surface area contributed by atoms with E-state index in [2.05, 4.69) is 5.32 Å². The van der Waals surface area contributed by atoms with Crippen molar-refractivity contribution >= 4 is 17.6 Å². The molecule has 1 aromatic carbocycles. The van der Waals surface area contributed by atoms with E-state index in [-0.39, 0.29) is 22.4 Å². The topological polar surface area (TPSA) is 108 Å². The lowest BCUT2D eigenvalue weighted by atomic mass is 9.79. The number of carbonyl (C=O) groups is 2. The number of ether oxygens (including phenoxy) is 2. The third kappa shape index (κ3) is 3.99. The number of rotatable bonds is 5. The predicted octanol–water partition coefficient (Wildman–Crippen LogP) is 2.95. The number of hydrogen-bond donors (Lipinski definition) is 1. The molecule has 2 rings (SSSR count). The van der Waals surface area contributed by atoms with E-state index in [0.717, 1.165) is 0 Å². The normalized spacial score (nSPS) is 16.9. The van der Waals surface area contributed by atoms with Crippen molar-refractivity contribution in [3.63, 3.8) is 0 Å². The Morgan fingerprint density at radius 3 is 2.19 bits per heavy atom. The SMILES string of the molecule is COC(=O)C1=C(C)NC(C)=C(C(=O)OC(C)C)C1c1ccccc1[N+](=O)[O-]. The van der Waals surface area contributed by atoms with Gasteiger partial charge in [-0.1, -0.05) is 18.2 Å². The minimum Gasteiger partial charge on any atom is -0.466 e. The monoisotopic (exact) mass is 374 g/mol. The Balaban J connectivity index is 2.76. The first-order valence-electron chi connectivity index (χ1n) is 8.40. The van der Waals surface area contributed by atoms with Crippen LogP contribution >= 0.6 is 0 Å². The summed E-state index contributed by atoms with van der Waals surface area (Å²) in [6, 6.07) is 6.01. The van der Waals surface area contributed by atoms with Crippen LogP contribution in [0.1, 0.15) is 39.2 Å². The number of para-hydroxylation sites is 1. The van der Waals surface area contributed by atoms with Gasteiger partial charge in [-0.3, -0.25) is 10.1 Å². The second-order valence-corrected chi connectivity index (χ2v) is 6.40. The lowest BCUT2D eigenvalue weighted by molar-refractivity contribution is -0.385. The van der Waals surface area contributed by atoms with Gasteiger partial charge in [-0.2, -0.15) is 0 Å². The van der Waals surface area contributed by atoms with Crippen LogP contribution < -0.4 is 5.32 Å². The highest BCUT2D eigenvalue weighted by atomic mass is 16.6. The summed E-state index contributed by atoms with van der Waals surface area (Å²) >= 11 is 0. The fourth-order valence-corrected chi connectivity index (χ4v) is 3.13. The number of hydrogen-bond acceptors (Lipinski definition) is 7. The molecule has 1 aliphatic heterocycles. The molecule has 1 N–H and O–H groups in total. The first kappa shape index (κ1) is 20.2. The lowest BCUT2D eigenvalue weighted by Gasteiger charge is -2.30. The van der Waals surface area contributed by atoms with Gasteiger partial charge in [0.1, 0.15) is 0 Å². The molecule has 0 fully saturated rings. The molecule has 0 spiro atoms. The number of methoxy groups -OCH3 is 1. The highest BCUT2D eigenvalue weighted by molar-refractivity contribution is 6.00. The minimum atomic E-state index is -0.980. The minimum absolute atomic E-state index is 0.133. The molecule has 0 aliphatic carbocycles. The van der Waals surface area contributed by atoms with E-state index in [9.17, 15) is 19.7 Å². The fourth-order valence-electron chi connectivity index (χ4n) is 3.13. The Bertz CT molecular complexity index is 854. The second kappa shape index (κ2) is 8.03. The highest BCUT2D eigenvalue weighted by Gasteiger charge is 2.40. The quantitative estimate of drug-likeness (QED) is 0.479. The van der Waals surface area contributed by atoms with Gasteiger partial charge in [0, 0.05) is 23.0 Å². The largest absolute Gasteiger partial charge is 0.466 e. The van der Waals surface area contributed by atoms with Crippen molar-refractivity contribution in [2.75, 3.05) is 7.11 Å². The van der Waals surface area contributed by atoms with E-state index in [4.69, 9.17) is 9.47 Å². The third-order valence-electron chi connectivity index (χ3n) is 4.17. The van der Waals surface area contributed by atoms with Gasteiger partial charge in [0.25, 0.3) is 5.69 Å². The zero-order valence-electron chi connectivity index (χ0n) is 15.9. The van der Waals surface area contributed by atoms with Crippen LogP contribution in [0.25, 0.3) is 0 Å². The van der Waals surface area contributed by atoms with Gasteiger partial charge in [0.2, 0.25) is 0 Å². The van der Waals surface area contributed by atoms with Crippen molar-refractivity contribution in [3.8, 4) is 0 Å². The molecule has 0 saturated heterocycles. The molecule has 0 bridgehead atoms. The second-order valence-electron chi connectivity index (χ2n) is 6.40. The molecule has 27 heavy (non-hydrogen) atoms. The Morgan fingerprint density at radius 1 is 1.11 bits per heavy atom. The van der Waals surface area contributed by atoms with E-state index in [1.165, 1.54) is 25.3 Å². The molecule has 1 aromatic rings. The maximum Gasteiger partial charge on any atom is 0.337 e. The number of nitrogens with zero attached hydrogens (tertiary/aromatic N) is 1. The lowest BCUT2D eigenvalue weighted by Crippen LogP contribution is -2.33. The standard InChI is InChI=1S/C19H22N2O6/c1-10(2)27-19(23)16-12(4)20-11(3)15(18(22)26-5)17(16)13-8-6-7-9-14(13)21(24)25/h6-10,17,20H,1-5H3. The molecule has 0 aromatic heterocycles. The summed E-state index contributed by atoms with van der Waals surface area (Å²) in [7, 11) is 1.22. The number of nitrogens with one attached hydrogen (secondary N) is 1. The van der Waals surface area contributed by atoms with Crippen molar-refractivity contribution in [3.05, 3.63) is 62.5 Å². The van der Waals surface area contributed by atoms with Gasteiger partial charge in [-0.05, 0) is 27.7 Å². The van der Waals surface area contributed by atoms with Crippen LogP contribution in [-0.2, 0) is 19.1 Å². The van der Waals surface area contributed by atoms with Gasteiger partial charge in [-0.25, -0.2) is 9.59 Å². The van der Waals surface area contributed by atoms with Gasteiger partial charge in [-0.15, -0.1) is 0 Å². The number of esters is 2. The number of allylic oxidation sites excluding steroid dienone is 2. The average Bonchev–Trinajstić information content (AvgIpc) is 2.59. The maximum absolute atomic E-state index is 12.8. The fraction of sp³-hybridized carbons (Fsp3) is 0.368. The smallest absolute Gasteiger partial charge is 0.337 e. The van der Waals surface area contributed by atoms with Gasteiger partial charge in [0.15, 0.2) is 0 Å². The number of nitro benzene ring substituents is 1. The van der Waals surface area contributed by atoms with Gasteiger partial charge in [0.05, 0.1) is 35.2 Å². The van der Waals surface area contributed by atoms with Crippen LogP contribution in [0.3, 0.4) is 0 Å². The summed E-state index contributed by atoms with van der Waals surface area (Å²) < 4.78 is 10.2. The molecular weight excluding hydrogens is 352 g/mol. The Morgan fingerprint density at radius 2 is 1.67 bits per heavy atom. The zero-order chi connectivity index (χ0) is 20.3. The van der Waals surface area contributed by atoms with E-state index in [1.807, 2.05) is 0 Å². The first-order chi connectivity index (χ1) is 12.7. The highest BCUT2D eigenvalue weighted by Crippen LogP contribution is 2.42. The Kier molecular flexibility index (Phi) is 5.99. The summed E-state index contributed by atoms with van der Waals surface area (Å²) in [5, 5.41) is 14.5. The summed E-state index contributed by atoms with van der Waals surface area (Å²) in [4.78, 5) is 36.3. The molecule has 1 aliphatic rings. The van der Waals surface area contributed by atoms with Crippen LogP contribution in [-0.4, -0.2) is 30.1 Å². The maximum atomic E-state index is 12.8. The Hall–Kier alpha value is -3.16. The van der Waals surface area contributed by atoms with Crippen molar-refractivity contribution in [1.82, 2.24) is 5.32 Å². The molecule has 0 saturated carbocycles. The summed E-state index contributed by atoms with van der Waals surface area (Å²) in [5.74, 6) is -2.30.